The van der Waals surface area contributed by atoms with Crippen LogP contribution in [-0.2, 0) is 6.42 Å². The van der Waals surface area contributed by atoms with Gasteiger partial charge in [0, 0.05) is 13.1 Å². The van der Waals surface area contributed by atoms with Crippen LogP contribution in [0, 0.1) is 0 Å². The van der Waals surface area contributed by atoms with E-state index >= 15 is 0 Å². The molecule has 22 heavy (non-hydrogen) atoms. The number of aliphatic hydroxyl groups excluding tert-OH is 1. The van der Waals surface area contributed by atoms with Crippen LogP contribution < -0.4 is 4.74 Å². The van der Waals surface area contributed by atoms with Crippen molar-refractivity contribution in [3.05, 3.63) is 60.2 Å². The molecule has 2 aromatic carbocycles. The Balaban J connectivity index is 1.86. The topological polar surface area (TPSA) is 32.7 Å². The molecule has 0 atom stereocenters. The number of rotatable bonds is 9. The predicted octanol–water partition coefficient (Wildman–Crippen LogP) is 3.73. The molecule has 2 rings (SSSR count). The van der Waals surface area contributed by atoms with Crippen LogP contribution >= 0.6 is 0 Å². The lowest BCUT2D eigenvalue weighted by Gasteiger charge is -2.20. The SMILES string of the molecule is CCCN(CCO)CCc1ccc(Oc2ccccc2)cc1. The maximum Gasteiger partial charge on any atom is 0.127 e. The summed E-state index contributed by atoms with van der Waals surface area (Å²) in [6.07, 6.45) is 2.11. The number of nitrogens with zero attached hydrogens (tertiary/aromatic N) is 1. The molecule has 0 aromatic heterocycles. The van der Waals surface area contributed by atoms with Gasteiger partial charge in [0.25, 0.3) is 0 Å². The average Bonchev–Trinajstić information content (AvgIpc) is 2.55. The Morgan fingerprint density at radius 2 is 1.55 bits per heavy atom. The van der Waals surface area contributed by atoms with Gasteiger partial charge in [-0.25, -0.2) is 0 Å². The van der Waals surface area contributed by atoms with Gasteiger partial charge in [-0.1, -0.05) is 37.3 Å². The van der Waals surface area contributed by atoms with Crippen LogP contribution in [-0.4, -0.2) is 36.2 Å². The zero-order chi connectivity index (χ0) is 15.6. The summed E-state index contributed by atoms with van der Waals surface area (Å²) in [5, 5.41) is 9.08. The van der Waals surface area contributed by atoms with Gasteiger partial charge in [-0.05, 0) is 49.2 Å². The second kappa shape index (κ2) is 9.23. The van der Waals surface area contributed by atoms with E-state index in [1.807, 2.05) is 42.5 Å². The Kier molecular flexibility index (Phi) is 6.94. The minimum absolute atomic E-state index is 0.226. The molecular formula is C19H25NO2. The van der Waals surface area contributed by atoms with E-state index in [2.05, 4.69) is 24.0 Å². The van der Waals surface area contributed by atoms with Crippen LogP contribution in [0.4, 0.5) is 0 Å². The highest BCUT2D eigenvalue weighted by Crippen LogP contribution is 2.21. The van der Waals surface area contributed by atoms with Crippen molar-refractivity contribution >= 4 is 0 Å². The molecule has 118 valence electrons. The highest BCUT2D eigenvalue weighted by atomic mass is 16.5. The summed E-state index contributed by atoms with van der Waals surface area (Å²) in [5.41, 5.74) is 1.29. The smallest absolute Gasteiger partial charge is 0.127 e. The first-order valence-corrected chi connectivity index (χ1v) is 7.97. The molecule has 3 heteroatoms. The Bertz CT molecular complexity index is 519. The van der Waals surface area contributed by atoms with Crippen LogP contribution in [0.25, 0.3) is 0 Å². The fraction of sp³-hybridized carbons (Fsp3) is 0.368. The zero-order valence-electron chi connectivity index (χ0n) is 13.2. The van der Waals surface area contributed by atoms with E-state index in [-0.39, 0.29) is 6.61 Å². The van der Waals surface area contributed by atoms with Crippen molar-refractivity contribution in [3.63, 3.8) is 0 Å². The number of aliphatic hydroxyl groups is 1. The van der Waals surface area contributed by atoms with Crippen molar-refractivity contribution in [1.29, 1.82) is 0 Å². The maximum atomic E-state index is 9.08. The number of ether oxygens (including phenoxy) is 1. The van der Waals surface area contributed by atoms with Crippen molar-refractivity contribution in [2.45, 2.75) is 19.8 Å². The number of hydrogen-bond donors (Lipinski definition) is 1. The summed E-state index contributed by atoms with van der Waals surface area (Å²) in [4.78, 5) is 2.30. The first kappa shape index (κ1) is 16.5. The van der Waals surface area contributed by atoms with Crippen LogP contribution in [0.3, 0.4) is 0 Å². The zero-order valence-corrected chi connectivity index (χ0v) is 13.2. The molecule has 0 saturated heterocycles. The normalized spacial score (nSPS) is 10.9. The van der Waals surface area contributed by atoms with Crippen LogP contribution in [0.1, 0.15) is 18.9 Å². The Labute approximate surface area is 133 Å². The molecular weight excluding hydrogens is 274 g/mol. The van der Waals surface area contributed by atoms with Gasteiger partial charge in [-0.2, -0.15) is 0 Å². The quantitative estimate of drug-likeness (QED) is 0.766. The van der Waals surface area contributed by atoms with Gasteiger partial charge in [-0.3, -0.25) is 0 Å². The predicted molar refractivity (Wildman–Crippen MR) is 90.5 cm³/mol. The van der Waals surface area contributed by atoms with Crippen LogP contribution in [0.5, 0.6) is 11.5 Å². The molecule has 0 fully saturated rings. The van der Waals surface area contributed by atoms with E-state index in [4.69, 9.17) is 9.84 Å². The summed E-state index contributed by atoms with van der Waals surface area (Å²) in [7, 11) is 0. The largest absolute Gasteiger partial charge is 0.457 e. The maximum absolute atomic E-state index is 9.08. The van der Waals surface area contributed by atoms with Crippen LogP contribution in [0.2, 0.25) is 0 Å². The van der Waals surface area contributed by atoms with Gasteiger partial charge < -0.3 is 14.7 Å². The molecule has 0 aliphatic carbocycles. The van der Waals surface area contributed by atoms with Gasteiger partial charge >= 0.3 is 0 Å². The minimum atomic E-state index is 0.226. The Morgan fingerprint density at radius 3 is 2.18 bits per heavy atom. The second-order valence-corrected chi connectivity index (χ2v) is 5.37. The third-order valence-electron chi connectivity index (χ3n) is 3.58. The molecule has 0 aliphatic heterocycles. The molecule has 0 amide bonds. The average molecular weight is 299 g/mol. The fourth-order valence-electron chi connectivity index (χ4n) is 2.43. The third kappa shape index (κ3) is 5.51. The molecule has 3 nitrogen and oxygen atoms in total. The lowest BCUT2D eigenvalue weighted by Crippen LogP contribution is -2.29. The van der Waals surface area contributed by atoms with Crippen LogP contribution in [0.15, 0.2) is 54.6 Å². The molecule has 0 unspecified atom stereocenters. The molecule has 2 aromatic rings. The molecule has 0 spiro atoms. The molecule has 0 aliphatic rings. The van der Waals surface area contributed by atoms with Gasteiger partial charge in [-0.15, -0.1) is 0 Å². The Morgan fingerprint density at radius 1 is 0.864 bits per heavy atom. The minimum Gasteiger partial charge on any atom is -0.457 e. The molecule has 0 heterocycles. The summed E-state index contributed by atoms with van der Waals surface area (Å²) in [5.74, 6) is 1.71. The molecule has 0 radical (unpaired) electrons. The molecule has 0 bridgehead atoms. The summed E-state index contributed by atoms with van der Waals surface area (Å²) in [6.45, 7) is 5.16. The van der Waals surface area contributed by atoms with Crippen molar-refractivity contribution in [3.8, 4) is 11.5 Å². The van der Waals surface area contributed by atoms with Gasteiger partial charge in [0.05, 0.1) is 6.61 Å². The standard InChI is InChI=1S/C19H25NO2/c1-2-13-20(15-16-21)14-12-17-8-10-19(11-9-17)22-18-6-4-3-5-7-18/h3-11,21H,2,12-16H2,1H3. The summed E-state index contributed by atoms with van der Waals surface area (Å²) in [6, 6.07) is 18.1. The lowest BCUT2D eigenvalue weighted by atomic mass is 10.1. The van der Waals surface area contributed by atoms with E-state index in [0.29, 0.717) is 0 Å². The number of para-hydroxylation sites is 1. The van der Waals surface area contributed by atoms with Crippen molar-refractivity contribution in [1.82, 2.24) is 4.90 Å². The van der Waals surface area contributed by atoms with E-state index in [1.165, 1.54) is 5.56 Å². The lowest BCUT2D eigenvalue weighted by molar-refractivity contribution is 0.197. The van der Waals surface area contributed by atoms with E-state index < -0.39 is 0 Å². The van der Waals surface area contributed by atoms with E-state index in [1.54, 1.807) is 0 Å². The summed E-state index contributed by atoms with van der Waals surface area (Å²) >= 11 is 0. The highest BCUT2D eigenvalue weighted by molar-refractivity contribution is 5.33. The van der Waals surface area contributed by atoms with Gasteiger partial charge in [0.15, 0.2) is 0 Å². The first-order chi connectivity index (χ1) is 10.8. The summed E-state index contributed by atoms with van der Waals surface area (Å²) < 4.78 is 5.79. The fourth-order valence-corrected chi connectivity index (χ4v) is 2.43. The molecule has 0 saturated carbocycles. The third-order valence-corrected chi connectivity index (χ3v) is 3.58. The van der Waals surface area contributed by atoms with E-state index in [9.17, 15) is 0 Å². The monoisotopic (exact) mass is 299 g/mol. The van der Waals surface area contributed by atoms with Crippen molar-refractivity contribution in [2.75, 3.05) is 26.2 Å². The number of hydrogen-bond acceptors (Lipinski definition) is 3. The highest BCUT2D eigenvalue weighted by Gasteiger charge is 2.04. The van der Waals surface area contributed by atoms with Crippen molar-refractivity contribution in [2.24, 2.45) is 0 Å². The second-order valence-electron chi connectivity index (χ2n) is 5.37. The van der Waals surface area contributed by atoms with Gasteiger partial charge in [0.2, 0.25) is 0 Å². The van der Waals surface area contributed by atoms with Crippen molar-refractivity contribution < 1.29 is 9.84 Å². The number of benzene rings is 2. The molecule has 1 N–H and O–H groups in total. The Hall–Kier alpha value is -1.84. The van der Waals surface area contributed by atoms with E-state index in [0.717, 1.165) is 44.0 Å². The first-order valence-electron chi connectivity index (χ1n) is 7.97. The van der Waals surface area contributed by atoms with Gasteiger partial charge in [0.1, 0.15) is 11.5 Å².